The van der Waals surface area contributed by atoms with E-state index in [1.54, 1.807) is 21.3 Å². The van der Waals surface area contributed by atoms with Crippen LogP contribution in [0.1, 0.15) is 18.4 Å². The molecule has 1 aliphatic carbocycles. The van der Waals surface area contributed by atoms with Gasteiger partial charge in [0.05, 0.1) is 19.8 Å². The van der Waals surface area contributed by atoms with E-state index in [9.17, 15) is 0 Å². The predicted octanol–water partition coefficient (Wildman–Crippen LogP) is 2.34. The van der Waals surface area contributed by atoms with Gasteiger partial charge in [-0.2, -0.15) is 0 Å². The number of rotatable bonds is 4. The summed E-state index contributed by atoms with van der Waals surface area (Å²) in [5, 5.41) is 0. The largest absolute Gasteiger partial charge is 0.497 e. The Balaban J connectivity index is 2.42. The highest BCUT2D eigenvalue weighted by molar-refractivity contribution is 5.46. The van der Waals surface area contributed by atoms with Gasteiger partial charge in [0.15, 0.2) is 0 Å². The minimum absolute atomic E-state index is 0.139. The first-order valence-corrected chi connectivity index (χ1v) is 5.03. The van der Waals surface area contributed by atoms with E-state index in [0.29, 0.717) is 0 Å². The van der Waals surface area contributed by atoms with Crippen molar-refractivity contribution in [2.75, 3.05) is 21.3 Å². The maximum atomic E-state index is 5.54. The summed E-state index contributed by atoms with van der Waals surface area (Å²) in [5.41, 5.74) is 0.951. The van der Waals surface area contributed by atoms with Crippen molar-refractivity contribution in [3.8, 4) is 11.5 Å². The van der Waals surface area contributed by atoms with Gasteiger partial charge in [-0.25, -0.2) is 0 Å². The lowest BCUT2D eigenvalue weighted by Crippen LogP contribution is -2.10. The van der Waals surface area contributed by atoms with E-state index in [4.69, 9.17) is 14.2 Å². The van der Waals surface area contributed by atoms with Gasteiger partial charge in [-0.15, -0.1) is 0 Å². The summed E-state index contributed by atoms with van der Waals surface area (Å²) in [5.74, 6) is 1.71. The van der Waals surface area contributed by atoms with Crippen LogP contribution in [0.4, 0.5) is 0 Å². The summed E-state index contributed by atoms with van der Waals surface area (Å²) >= 11 is 0. The molecule has 1 aromatic carbocycles. The number of hydrogen-bond acceptors (Lipinski definition) is 3. The normalized spacial score (nSPS) is 17.3. The lowest BCUT2D eigenvalue weighted by atomic mass is 10.1. The summed E-state index contributed by atoms with van der Waals surface area (Å²) in [6.45, 7) is 0. The molecule has 15 heavy (non-hydrogen) atoms. The van der Waals surface area contributed by atoms with E-state index < -0.39 is 0 Å². The van der Waals surface area contributed by atoms with Crippen molar-refractivity contribution in [1.82, 2.24) is 0 Å². The quantitative estimate of drug-likeness (QED) is 0.760. The topological polar surface area (TPSA) is 27.7 Å². The second-order valence-electron chi connectivity index (χ2n) is 3.76. The van der Waals surface area contributed by atoms with Crippen molar-refractivity contribution >= 4 is 0 Å². The second-order valence-corrected chi connectivity index (χ2v) is 3.76. The van der Waals surface area contributed by atoms with Crippen molar-refractivity contribution < 1.29 is 14.2 Å². The smallest absolute Gasteiger partial charge is 0.125 e. The predicted molar refractivity (Wildman–Crippen MR) is 57.5 cm³/mol. The standard InChI is InChI=1S/C12H16O3/c1-13-9-4-5-11(14-2)10(8-9)12(15-3)6-7-12/h4-5,8H,6-7H2,1-3H3. The third-order valence-corrected chi connectivity index (χ3v) is 2.99. The van der Waals surface area contributed by atoms with Crippen LogP contribution >= 0.6 is 0 Å². The molecule has 82 valence electrons. The SMILES string of the molecule is COc1ccc(OC)c(C2(OC)CC2)c1. The van der Waals surface area contributed by atoms with Crippen LogP contribution in [0.3, 0.4) is 0 Å². The Morgan fingerprint density at radius 1 is 1.07 bits per heavy atom. The lowest BCUT2D eigenvalue weighted by molar-refractivity contribution is 0.0763. The van der Waals surface area contributed by atoms with Crippen LogP contribution in [-0.4, -0.2) is 21.3 Å². The molecule has 0 radical (unpaired) electrons. The third kappa shape index (κ3) is 1.67. The summed E-state index contributed by atoms with van der Waals surface area (Å²) in [7, 11) is 5.08. The Morgan fingerprint density at radius 2 is 1.80 bits per heavy atom. The molecule has 1 fully saturated rings. The van der Waals surface area contributed by atoms with Crippen molar-refractivity contribution in [3.05, 3.63) is 23.8 Å². The molecule has 0 atom stereocenters. The van der Waals surface area contributed by atoms with Gasteiger partial charge >= 0.3 is 0 Å². The number of methoxy groups -OCH3 is 3. The fourth-order valence-electron chi connectivity index (χ4n) is 1.87. The molecule has 0 bridgehead atoms. The molecule has 0 amide bonds. The Kier molecular flexibility index (Phi) is 2.57. The van der Waals surface area contributed by atoms with Gasteiger partial charge < -0.3 is 14.2 Å². The molecule has 2 rings (SSSR count). The zero-order chi connectivity index (χ0) is 10.9. The van der Waals surface area contributed by atoms with Gasteiger partial charge in [0.1, 0.15) is 11.5 Å². The average molecular weight is 208 g/mol. The van der Waals surface area contributed by atoms with Crippen molar-refractivity contribution in [2.45, 2.75) is 18.4 Å². The van der Waals surface area contributed by atoms with E-state index >= 15 is 0 Å². The highest BCUT2D eigenvalue weighted by Gasteiger charge is 2.46. The Bertz CT molecular complexity index is 356. The van der Waals surface area contributed by atoms with Crippen LogP contribution in [0.2, 0.25) is 0 Å². The van der Waals surface area contributed by atoms with Gasteiger partial charge in [-0.3, -0.25) is 0 Å². The molecule has 0 aliphatic heterocycles. The van der Waals surface area contributed by atoms with E-state index in [1.165, 1.54) is 0 Å². The van der Waals surface area contributed by atoms with Crippen molar-refractivity contribution in [3.63, 3.8) is 0 Å². The first-order chi connectivity index (χ1) is 7.25. The first-order valence-electron chi connectivity index (χ1n) is 5.03. The zero-order valence-corrected chi connectivity index (χ0v) is 9.37. The number of hydrogen-bond donors (Lipinski definition) is 0. The van der Waals surface area contributed by atoms with E-state index in [1.807, 2.05) is 18.2 Å². The fraction of sp³-hybridized carbons (Fsp3) is 0.500. The molecule has 0 saturated heterocycles. The molecule has 0 unspecified atom stereocenters. The maximum absolute atomic E-state index is 5.54. The molecule has 3 heteroatoms. The van der Waals surface area contributed by atoms with Crippen LogP contribution < -0.4 is 9.47 Å². The average Bonchev–Trinajstić information content (AvgIpc) is 3.09. The van der Waals surface area contributed by atoms with Crippen LogP contribution in [-0.2, 0) is 10.3 Å². The highest BCUT2D eigenvalue weighted by Crippen LogP contribution is 2.52. The molecule has 0 aromatic heterocycles. The molecule has 1 aliphatic rings. The summed E-state index contributed by atoms with van der Waals surface area (Å²) < 4.78 is 16.1. The molecule has 0 N–H and O–H groups in total. The molecule has 1 aromatic rings. The van der Waals surface area contributed by atoms with Crippen molar-refractivity contribution in [1.29, 1.82) is 0 Å². The lowest BCUT2D eigenvalue weighted by Gasteiger charge is -2.18. The van der Waals surface area contributed by atoms with E-state index in [0.717, 1.165) is 29.9 Å². The second kappa shape index (κ2) is 3.74. The van der Waals surface area contributed by atoms with Gasteiger partial charge in [0, 0.05) is 12.7 Å². The highest BCUT2D eigenvalue weighted by atomic mass is 16.5. The monoisotopic (exact) mass is 208 g/mol. The van der Waals surface area contributed by atoms with E-state index in [2.05, 4.69) is 0 Å². The van der Waals surface area contributed by atoms with Crippen molar-refractivity contribution in [2.24, 2.45) is 0 Å². The summed E-state index contributed by atoms with van der Waals surface area (Å²) in [6, 6.07) is 5.82. The van der Waals surface area contributed by atoms with Gasteiger partial charge in [0.2, 0.25) is 0 Å². The third-order valence-electron chi connectivity index (χ3n) is 2.99. The minimum atomic E-state index is -0.139. The molecular weight excluding hydrogens is 192 g/mol. The molecule has 3 nitrogen and oxygen atoms in total. The maximum Gasteiger partial charge on any atom is 0.125 e. The molecule has 0 spiro atoms. The molecule has 0 heterocycles. The Labute approximate surface area is 90.0 Å². The first kappa shape index (κ1) is 10.3. The zero-order valence-electron chi connectivity index (χ0n) is 9.37. The molecule has 1 saturated carbocycles. The Morgan fingerprint density at radius 3 is 2.27 bits per heavy atom. The fourth-order valence-corrected chi connectivity index (χ4v) is 1.87. The number of ether oxygens (including phenoxy) is 3. The van der Waals surface area contributed by atoms with Crippen LogP contribution in [0.5, 0.6) is 11.5 Å². The van der Waals surface area contributed by atoms with Gasteiger partial charge in [-0.1, -0.05) is 0 Å². The minimum Gasteiger partial charge on any atom is -0.497 e. The summed E-state index contributed by atoms with van der Waals surface area (Å²) in [4.78, 5) is 0. The Hall–Kier alpha value is -1.22. The van der Waals surface area contributed by atoms with Gasteiger partial charge in [0.25, 0.3) is 0 Å². The number of benzene rings is 1. The van der Waals surface area contributed by atoms with Gasteiger partial charge in [-0.05, 0) is 31.0 Å². The van der Waals surface area contributed by atoms with E-state index in [-0.39, 0.29) is 5.60 Å². The van der Waals surface area contributed by atoms with Crippen LogP contribution in [0, 0.1) is 0 Å². The van der Waals surface area contributed by atoms with Crippen LogP contribution in [0.15, 0.2) is 18.2 Å². The summed E-state index contributed by atoms with van der Waals surface area (Å²) in [6.07, 6.45) is 2.10. The molecular formula is C12H16O3. The van der Waals surface area contributed by atoms with Crippen LogP contribution in [0.25, 0.3) is 0 Å².